The van der Waals surface area contributed by atoms with Crippen molar-refractivity contribution >= 4 is 7.75 Å². The van der Waals surface area contributed by atoms with Crippen molar-refractivity contribution in [1.82, 2.24) is 5.09 Å². The summed E-state index contributed by atoms with van der Waals surface area (Å²) in [7, 11) is -3.52. The minimum Gasteiger partial charge on any atom is -0.330 e. The summed E-state index contributed by atoms with van der Waals surface area (Å²) >= 11 is 0. The number of nitrogens with two attached hydrogens (primary N) is 1. The molecule has 0 aliphatic heterocycles. The smallest absolute Gasteiger partial charge is 0.330 e. The molecule has 0 aliphatic carbocycles. The van der Waals surface area contributed by atoms with E-state index in [1.807, 2.05) is 0 Å². The summed E-state index contributed by atoms with van der Waals surface area (Å²) in [5.74, 6) is 0. The lowest BCUT2D eigenvalue weighted by atomic mass is 10.1. The van der Waals surface area contributed by atoms with E-state index in [2.05, 4.69) is 18.9 Å². The Balaban J connectivity index is 0. The van der Waals surface area contributed by atoms with Gasteiger partial charge in [0.15, 0.2) is 0 Å². The second-order valence-electron chi connectivity index (χ2n) is 9.00. The van der Waals surface area contributed by atoms with Gasteiger partial charge in [0.2, 0.25) is 0 Å². The maximum atomic E-state index is 11.3. The summed E-state index contributed by atoms with van der Waals surface area (Å²) in [6.45, 7) is 7.92. The Morgan fingerprint density at radius 2 is 0.969 bits per heavy atom. The van der Waals surface area contributed by atoms with Crippen molar-refractivity contribution in [3.8, 4) is 0 Å². The fourth-order valence-corrected chi connectivity index (χ4v) is 4.57. The van der Waals surface area contributed by atoms with Crippen LogP contribution >= 0.6 is 7.75 Å². The molecule has 1 unspecified atom stereocenters. The molecule has 0 radical (unpaired) electrons. The quantitative estimate of drug-likeness (QED) is 0.0956. The third-order valence-electron chi connectivity index (χ3n) is 5.70. The van der Waals surface area contributed by atoms with Crippen LogP contribution in [0.15, 0.2) is 0 Å². The van der Waals surface area contributed by atoms with Crippen LogP contribution in [0, 0.1) is 0 Å². The Hall–Kier alpha value is 0.0700. The third-order valence-corrected chi connectivity index (χ3v) is 6.94. The van der Waals surface area contributed by atoms with E-state index in [1.54, 1.807) is 6.92 Å². The van der Waals surface area contributed by atoms with E-state index in [0.29, 0.717) is 6.54 Å². The van der Waals surface area contributed by atoms with Crippen LogP contribution in [0.1, 0.15) is 149 Å². The molecule has 0 amide bonds. The molecule has 0 aromatic carbocycles. The highest BCUT2D eigenvalue weighted by Gasteiger charge is 2.16. The number of hydrogen-bond donors (Lipinski definition) is 3. The molecule has 0 aliphatic rings. The fraction of sp³-hybridized carbons (Fsp3) is 1.00. The van der Waals surface area contributed by atoms with Gasteiger partial charge in [-0.05, 0) is 26.3 Å². The number of nitrogens with one attached hydrogen (secondary N) is 1. The molecule has 0 saturated carbocycles. The molecule has 32 heavy (non-hydrogen) atoms. The molecule has 0 aromatic rings. The van der Waals surface area contributed by atoms with Crippen LogP contribution in [0.5, 0.6) is 0 Å². The lowest BCUT2D eigenvalue weighted by Crippen LogP contribution is -2.13. The van der Waals surface area contributed by atoms with Crippen LogP contribution < -0.4 is 10.8 Å². The molecule has 0 fully saturated rings. The minimum atomic E-state index is -3.52. The molecular formula is C26H59N2O3P. The van der Waals surface area contributed by atoms with E-state index in [4.69, 9.17) is 10.3 Å². The van der Waals surface area contributed by atoms with Gasteiger partial charge in [-0.2, -0.15) is 0 Å². The van der Waals surface area contributed by atoms with Crippen LogP contribution in [-0.4, -0.2) is 24.6 Å². The molecule has 0 heterocycles. The predicted molar refractivity (Wildman–Crippen MR) is 142 cm³/mol. The lowest BCUT2D eigenvalue weighted by molar-refractivity contribution is 0.263. The summed E-state index contributed by atoms with van der Waals surface area (Å²) in [5, 5.41) is 2.57. The van der Waals surface area contributed by atoms with E-state index in [-0.39, 0.29) is 6.61 Å². The fourth-order valence-electron chi connectivity index (χ4n) is 3.69. The van der Waals surface area contributed by atoms with Crippen LogP contribution in [0.2, 0.25) is 0 Å². The van der Waals surface area contributed by atoms with E-state index >= 15 is 0 Å². The minimum absolute atomic E-state index is 0.263. The van der Waals surface area contributed by atoms with Gasteiger partial charge in [0.1, 0.15) is 0 Å². The van der Waals surface area contributed by atoms with E-state index in [1.165, 1.54) is 116 Å². The van der Waals surface area contributed by atoms with Gasteiger partial charge in [0, 0.05) is 6.54 Å². The van der Waals surface area contributed by atoms with Crippen LogP contribution in [0.3, 0.4) is 0 Å². The van der Waals surface area contributed by atoms with Gasteiger partial charge in [-0.15, -0.1) is 0 Å². The van der Waals surface area contributed by atoms with Gasteiger partial charge in [-0.3, -0.25) is 4.52 Å². The maximum Gasteiger partial charge on any atom is 0.402 e. The van der Waals surface area contributed by atoms with Gasteiger partial charge in [-0.25, -0.2) is 9.65 Å². The highest BCUT2D eigenvalue weighted by atomic mass is 31.2. The van der Waals surface area contributed by atoms with Gasteiger partial charge >= 0.3 is 7.75 Å². The second kappa shape index (κ2) is 29.1. The molecule has 5 nitrogen and oxygen atoms in total. The highest BCUT2D eigenvalue weighted by molar-refractivity contribution is 7.50. The van der Waals surface area contributed by atoms with Crippen molar-refractivity contribution < 1.29 is 14.0 Å². The largest absolute Gasteiger partial charge is 0.402 e. The topological polar surface area (TPSA) is 84.6 Å². The molecular weight excluding hydrogens is 419 g/mol. The van der Waals surface area contributed by atoms with Crippen molar-refractivity contribution in [1.29, 1.82) is 0 Å². The number of unbranched alkanes of at least 4 members (excludes halogenated alkanes) is 18. The van der Waals surface area contributed by atoms with Gasteiger partial charge < -0.3 is 10.6 Å². The summed E-state index contributed by atoms with van der Waals surface area (Å²) in [5.41, 5.74) is 5.42. The molecule has 196 valence electrons. The first-order valence-electron chi connectivity index (χ1n) is 14.0. The second-order valence-corrected chi connectivity index (χ2v) is 10.6. The van der Waals surface area contributed by atoms with Crippen molar-refractivity contribution in [2.75, 3.05) is 19.7 Å². The summed E-state index contributed by atoms with van der Waals surface area (Å²) in [4.78, 5) is 9.28. The zero-order valence-electron chi connectivity index (χ0n) is 22.1. The number of hydrogen-bond acceptors (Lipinski definition) is 3. The molecule has 6 heteroatoms. The van der Waals surface area contributed by atoms with Crippen LogP contribution in [-0.2, 0) is 9.09 Å². The van der Waals surface area contributed by atoms with E-state index in [9.17, 15) is 9.46 Å². The van der Waals surface area contributed by atoms with Crippen molar-refractivity contribution in [2.24, 2.45) is 5.73 Å². The first-order valence-corrected chi connectivity index (χ1v) is 15.5. The van der Waals surface area contributed by atoms with Crippen molar-refractivity contribution in [3.05, 3.63) is 0 Å². The van der Waals surface area contributed by atoms with Gasteiger partial charge in [0.05, 0.1) is 6.61 Å². The first-order chi connectivity index (χ1) is 15.5. The summed E-state index contributed by atoms with van der Waals surface area (Å²) in [6.07, 6.45) is 26.6. The van der Waals surface area contributed by atoms with Crippen LogP contribution in [0.25, 0.3) is 0 Å². The first kappa shape index (κ1) is 34.2. The number of rotatable bonds is 24. The zero-order valence-corrected chi connectivity index (χ0v) is 22.9. The Bertz CT molecular complexity index is 374. The van der Waals surface area contributed by atoms with Crippen molar-refractivity contribution in [3.63, 3.8) is 0 Å². The third kappa shape index (κ3) is 32.3. The molecule has 1 atom stereocenters. The van der Waals surface area contributed by atoms with E-state index < -0.39 is 7.75 Å². The van der Waals surface area contributed by atoms with Gasteiger partial charge in [-0.1, -0.05) is 129 Å². The normalized spacial score (nSPS) is 12.9. The Kier molecular flexibility index (Phi) is 31.1. The van der Waals surface area contributed by atoms with Crippen LogP contribution in [0.4, 0.5) is 0 Å². The molecule has 4 N–H and O–H groups in total. The Morgan fingerprint density at radius 1 is 0.625 bits per heavy atom. The average Bonchev–Trinajstić information content (AvgIpc) is 2.77. The Labute approximate surface area is 201 Å². The van der Waals surface area contributed by atoms with E-state index in [0.717, 1.165) is 19.4 Å². The lowest BCUT2D eigenvalue weighted by Gasteiger charge is -2.11. The van der Waals surface area contributed by atoms with Crippen molar-refractivity contribution in [2.45, 2.75) is 149 Å². The zero-order chi connectivity index (χ0) is 24.2. The predicted octanol–water partition coefficient (Wildman–Crippen LogP) is 8.50. The van der Waals surface area contributed by atoms with Gasteiger partial charge in [0.25, 0.3) is 0 Å². The molecule has 0 spiro atoms. The maximum absolute atomic E-state index is 11.3. The molecule has 0 rings (SSSR count). The average molecular weight is 479 g/mol. The molecule has 0 saturated heterocycles. The monoisotopic (exact) mass is 478 g/mol. The molecule has 0 bridgehead atoms. The highest BCUT2D eigenvalue weighted by Crippen LogP contribution is 2.36. The molecule has 0 aromatic heterocycles. The summed E-state index contributed by atoms with van der Waals surface area (Å²) < 4.78 is 16.0. The SMILES string of the molecule is CCCCCCCCCCCCN.CCCCCCCCCCCCNP(=O)(O)OCC. The Morgan fingerprint density at radius 3 is 1.31 bits per heavy atom. The summed E-state index contributed by atoms with van der Waals surface area (Å²) in [6, 6.07) is 0. The standard InChI is InChI=1S/C14H32NO3P.C12H27N/c1-3-5-6-7-8-9-10-11-12-13-14-15-19(16,17)18-4-2;1-2-3-4-5-6-7-8-9-10-11-12-13/h3-14H2,1-2H3,(H2,15,16,17);2-13H2,1H3.